The number of nitrogens with one attached hydrogen (secondary N) is 2. The molecule has 0 radical (unpaired) electrons. The fourth-order valence-corrected chi connectivity index (χ4v) is 2.94. The normalized spacial score (nSPS) is 28.6. The van der Waals surface area contributed by atoms with Gasteiger partial charge in [-0.05, 0) is 24.7 Å². The first-order chi connectivity index (χ1) is 9.71. The van der Waals surface area contributed by atoms with Crippen molar-refractivity contribution in [2.75, 3.05) is 20.6 Å². The smallest absolute Gasteiger partial charge is 0.330 e. The molecule has 0 aromatic carbocycles. The van der Waals surface area contributed by atoms with Gasteiger partial charge in [-0.2, -0.15) is 0 Å². The standard InChI is InChI=1S/C14H25N3O4/c1-9-6-5-7-10(2)14(9,12(19)20)16-13(21)15-8-11(18)17(3)4/h9-10H,5-8H2,1-4H3,(H,19,20)(H2,15,16,21). The number of carboxylic acids is 1. The average molecular weight is 299 g/mol. The molecule has 0 bridgehead atoms. The second-order valence-electron chi connectivity index (χ2n) is 6.00. The number of nitrogens with zero attached hydrogens (tertiary/aromatic N) is 1. The molecule has 2 unspecified atom stereocenters. The Morgan fingerprint density at radius 2 is 1.71 bits per heavy atom. The van der Waals surface area contributed by atoms with Gasteiger partial charge in [0.15, 0.2) is 0 Å². The van der Waals surface area contributed by atoms with Crippen LogP contribution in [0.3, 0.4) is 0 Å². The Morgan fingerprint density at radius 1 is 1.19 bits per heavy atom. The number of rotatable bonds is 4. The van der Waals surface area contributed by atoms with Crippen molar-refractivity contribution in [2.45, 2.75) is 38.6 Å². The first kappa shape index (κ1) is 17.3. The largest absolute Gasteiger partial charge is 0.479 e. The lowest BCUT2D eigenvalue weighted by Crippen LogP contribution is -2.65. The number of likely N-dealkylation sites (N-methyl/N-ethyl adjacent to an activating group) is 1. The van der Waals surface area contributed by atoms with E-state index in [4.69, 9.17) is 0 Å². The van der Waals surface area contributed by atoms with Crippen LogP contribution in [0.25, 0.3) is 0 Å². The van der Waals surface area contributed by atoms with E-state index in [-0.39, 0.29) is 24.3 Å². The zero-order valence-electron chi connectivity index (χ0n) is 13.1. The van der Waals surface area contributed by atoms with Crippen molar-refractivity contribution in [2.24, 2.45) is 11.8 Å². The van der Waals surface area contributed by atoms with E-state index in [1.807, 2.05) is 13.8 Å². The van der Waals surface area contributed by atoms with Crippen LogP contribution >= 0.6 is 0 Å². The van der Waals surface area contributed by atoms with E-state index in [1.165, 1.54) is 4.90 Å². The van der Waals surface area contributed by atoms with Gasteiger partial charge in [-0.25, -0.2) is 9.59 Å². The van der Waals surface area contributed by atoms with Crippen LogP contribution in [0.5, 0.6) is 0 Å². The Kier molecular flexibility index (Phi) is 5.57. The molecular formula is C14H25N3O4. The first-order valence-corrected chi connectivity index (χ1v) is 7.21. The number of amides is 3. The lowest BCUT2D eigenvalue weighted by atomic mass is 9.67. The number of carbonyl (C=O) groups excluding carboxylic acids is 2. The highest BCUT2D eigenvalue weighted by Gasteiger charge is 2.51. The molecule has 7 heteroatoms. The summed E-state index contributed by atoms with van der Waals surface area (Å²) in [5, 5.41) is 14.7. The molecule has 1 fully saturated rings. The van der Waals surface area contributed by atoms with E-state index >= 15 is 0 Å². The highest BCUT2D eigenvalue weighted by molar-refractivity contribution is 5.89. The lowest BCUT2D eigenvalue weighted by molar-refractivity contribution is -0.151. The maximum atomic E-state index is 12.0. The van der Waals surface area contributed by atoms with Crippen molar-refractivity contribution in [3.8, 4) is 0 Å². The quantitative estimate of drug-likeness (QED) is 0.710. The molecule has 0 aromatic heterocycles. The van der Waals surface area contributed by atoms with Crippen LogP contribution in [0.4, 0.5) is 4.79 Å². The fourth-order valence-electron chi connectivity index (χ4n) is 2.94. The maximum absolute atomic E-state index is 12.0. The third-order valence-electron chi connectivity index (χ3n) is 4.40. The van der Waals surface area contributed by atoms with Crippen molar-refractivity contribution in [1.82, 2.24) is 15.5 Å². The van der Waals surface area contributed by atoms with Gasteiger partial charge in [0.2, 0.25) is 5.91 Å². The predicted octanol–water partition coefficient (Wildman–Crippen LogP) is 0.653. The van der Waals surface area contributed by atoms with Crippen LogP contribution in [0, 0.1) is 11.8 Å². The molecule has 1 saturated carbocycles. The molecule has 3 N–H and O–H groups in total. The van der Waals surface area contributed by atoms with Gasteiger partial charge in [-0.15, -0.1) is 0 Å². The van der Waals surface area contributed by atoms with Gasteiger partial charge < -0.3 is 20.6 Å². The molecule has 120 valence electrons. The topological polar surface area (TPSA) is 98.7 Å². The third kappa shape index (κ3) is 3.65. The van der Waals surface area contributed by atoms with Crippen molar-refractivity contribution >= 4 is 17.9 Å². The minimum Gasteiger partial charge on any atom is -0.479 e. The van der Waals surface area contributed by atoms with Gasteiger partial charge in [0, 0.05) is 14.1 Å². The van der Waals surface area contributed by atoms with Gasteiger partial charge in [-0.3, -0.25) is 4.79 Å². The molecule has 0 heterocycles. The Bertz CT molecular complexity index is 412. The molecule has 0 saturated heterocycles. The molecule has 0 aliphatic heterocycles. The molecule has 1 aliphatic rings. The SMILES string of the molecule is CC1CCCC(C)C1(NC(=O)NCC(=O)N(C)C)C(=O)O. The predicted molar refractivity (Wildman–Crippen MR) is 77.8 cm³/mol. The summed E-state index contributed by atoms with van der Waals surface area (Å²) in [7, 11) is 3.18. The van der Waals surface area contributed by atoms with E-state index in [0.29, 0.717) is 0 Å². The highest BCUT2D eigenvalue weighted by atomic mass is 16.4. The summed E-state index contributed by atoms with van der Waals surface area (Å²) >= 11 is 0. The third-order valence-corrected chi connectivity index (χ3v) is 4.40. The number of aliphatic carboxylic acids is 1. The van der Waals surface area contributed by atoms with Gasteiger partial charge in [0.05, 0.1) is 6.54 Å². The maximum Gasteiger partial charge on any atom is 0.330 e. The number of hydrogen-bond donors (Lipinski definition) is 3. The van der Waals surface area contributed by atoms with Crippen molar-refractivity contribution in [3.63, 3.8) is 0 Å². The second-order valence-corrected chi connectivity index (χ2v) is 6.00. The molecule has 0 spiro atoms. The summed E-state index contributed by atoms with van der Waals surface area (Å²) in [5.41, 5.74) is -1.27. The zero-order valence-corrected chi connectivity index (χ0v) is 13.1. The van der Waals surface area contributed by atoms with E-state index < -0.39 is 17.5 Å². The van der Waals surface area contributed by atoms with E-state index in [9.17, 15) is 19.5 Å². The molecule has 7 nitrogen and oxygen atoms in total. The van der Waals surface area contributed by atoms with Crippen molar-refractivity contribution < 1.29 is 19.5 Å². The molecule has 21 heavy (non-hydrogen) atoms. The van der Waals surface area contributed by atoms with Crippen LogP contribution in [0.2, 0.25) is 0 Å². The monoisotopic (exact) mass is 299 g/mol. The van der Waals surface area contributed by atoms with E-state index in [2.05, 4.69) is 10.6 Å². The van der Waals surface area contributed by atoms with Crippen LogP contribution in [-0.2, 0) is 9.59 Å². The Balaban J connectivity index is 2.77. The van der Waals surface area contributed by atoms with E-state index in [1.54, 1.807) is 14.1 Å². The average Bonchev–Trinajstić information content (AvgIpc) is 2.39. The van der Waals surface area contributed by atoms with Crippen molar-refractivity contribution in [1.29, 1.82) is 0 Å². The zero-order chi connectivity index (χ0) is 16.2. The molecular weight excluding hydrogens is 274 g/mol. The van der Waals surface area contributed by atoms with Gasteiger partial charge in [0.25, 0.3) is 0 Å². The lowest BCUT2D eigenvalue weighted by Gasteiger charge is -2.44. The molecule has 2 atom stereocenters. The highest BCUT2D eigenvalue weighted by Crippen LogP contribution is 2.38. The summed E-state index contributed by atoms with van der Waals surface area (Å²) in [6.07, 6.45) is 2.47. The Morgan fingerprint density at radius 3 is 2.14 bits per heavy atom. The van der Waals surface area contributed by atoms with E-state index in [0.717, 1.165) is 19.3 Å². The van der Waals surface area contributed by atoms with Crippen LogP contribution in [-0.4, -0.2) is 54.1 Å². The van der Waals surface area contributed by atoms with Crippen LogP contribution in [0.1, 0.15) is 33.1 Å². The van der Waals surface area contributed by atoms with Gasteiger partial charge in [0.1, 0.15) is 5.54 Å². The minimum atomic E-state index is -1.27. The summed E-state index contributed by atoms with van der Waals surface area (Å²) < 4.78 is 0. The van der Waals surface area contributed by atoms with Gasteiger partial charge in [-0.1, -0.05) is 20.3 Å². The summed E-state index contributed by atoms with van der Waals surface area (Å²) in [4.78, 5) is 36.6. The number of hydrogen-bond acceptors (Lipinski definition) is 3. The molecule has 0 aromatic rings. The first-order valence-electron chi connectivity index (χ1n) is 7.21. The number of urea groups is 1. The number of carbonyl (C=O) groups is 3. The Hall–Kier alpha value is -1.79. The number of carboxylic acid groups (broad SMARTS) is 1. The van der Waals surface area contributed by atoms with Crippen molar-refractivity contribution in [3.05, 3.63) is 0 Å². The van der Waals surface area contributed by atoms with Crippen LogP contribution in [0.15, 0.2) is 0 Å². The molecule has 1 rings (SSSR count). The molecule has 3 amide bonds. The summed E-state index contributed by atoms with van der Waals surface area (Å²) in [6, 6.07) is -0.617. The Labute approximate surface area is 125 Å². The molecule has 1 aliphatic carbocycles. The van der Waals surface area contributed by atoms with Gasteiger partial charge >= 0.3 is 12.0 Å². The fraction of sp³-hybridized carbons (Fsp3) is 0.786. The summed E-state index contributed by atoms with van der Waals surface area (Å²) in [6.45, 7) is 3.53. The second kappa shape index (κ2) is 6.78. The van der Waals surface area contributed by atoms with Crippen LogP contribution < -0.4 is 10.6 Å². The minimum absolute atomic E-state index is 0.155. The summed E-state index contributed by atoms with van der Waals surface area (Å²) in [5.74, 6) is -1.58.